The van der Waals surface area contributed by atoms with Gasteiger partial charge in [-0.1, -0.05) is 66.7 Å². The Kier molecular flexibility index (Phi) is 9.07. The molecule has 8 nitrogen and oxygen atoms in total. The molecule has 5 aromatic carbocycles. The van der Waals surface area contributed by atoms with Crippen molar-refractivity contribution in [2.75, 3.05) is 31.2 Å². The van der Waals surface area contributed by atoms with Gasteiger partial charge in [-0.05, 0) is 77.0 Å². The fourth-order valence-electron chi connectivity index (χ4n) is 5.31. The molecule has 0 aliphatic rings. The molecule has 0 spiro atoms. The van der Waals surface area contributed by atoms with Crippen molar-refractivity contribution in [3.8, 4) is 0 Å². The fourth-order valence-corrected chi connectivity index (χ4v) is 10.2. The van der Waals surface area contributed by atoms with Crippen LogP contribution < -0.4 is 26.1 Å². The summed E-state index contributed by atoms with van der Waals surface area (Å²) < 4.78 is 27.1. The summed E-state index contributed by atoms with van der Waals surface area (Å²) in [5.41, 5.74) is 9.35. The van der Waals surface area contributed by atoms with E-state index in [1.54, 1.807) is 12.1 Å². The predicted octanol–water partition coefficient (Wildman–Crippen LogP) is 5.39. The summed E-state index contributed by atoms with van der Waals surface area (Å²) >= 11 is 0. The van der Waals surface area contributed by atoms with E-state index in [4.69, 9.17) is 5.53 Å². The lowest BCUT2D eigenvalue weighted by Gasteiger charge is -2.28. The summed E-state index contributed by atoms with van der Waals surface area (Å²) in [7, 11) is -4.27. The van der Waals surface area contributed by atoms with Gasteiger partial charge in [0.15, 0.2) is 0 Å². The molecule has 1 amide bonds. The molecule has 0 saturated heterocycles. The lowest BCUT2D eigenvalue weighted by molar-refractivity contribution is -0.119. The highest BCUT2D eigenvalue weighted by Crippen LogP contribution is 2.54. The maximum atomic E-state index is 13.2. The maximum absolute atomic E-state index is 13.2. The average molecular weight is 609 g/mol. The zero-order chi connectivity index (χ0) is 30.3. The summed E-state index contributed by atoms with van der Waals surface area (Å²) in [6.07, 6.45) is 0.775. The quantitative estimate of drug-likeness (QED) is 0.0938. The van der Waals surface area contributed by atoms with Crippen LogP contribution in [0.3, 0.4) is 0 Å². The lowest BCUT2D eigenvalue weighted by Crippen LogP contribution is -2.40. The van der Waals surface area contributed by atoms with E-state index in [2.05, 4.69) is 87.5 Å². The number of nitrogens with zero attached hydrogens (tertiary/aromatic N) is 4. The second kappa shape index (κ2) is 13.1. The van der Waals surface area contributed by atoms with Gasteiger partial charge < -0.3 is 10.2 Å². The van der Waals surface area contributed by atoms with Crippen LogP contribution in [0.5, 0.6) is 0 Å². The van der Waals surface area contributed by atoms with Crippen molar-refractivity contribution in [1.82, 2.24) is 5.32 Å². The van der Waals surface area contributed by atoms with Crippen LogP contribution in [0.4, 0.5) is 5.69 Å². The SMILES string of the molecule is CN(CC(=O)NCC[P+](c1ccccc1)(c1ccccc1)c1ccccc1)c1ccc2cc(S(=O)(=O)N=[N+]=[N-])ccc2c1. The van der Waals surface area contributed by atoms with Gasteiger partial charge in [-0.15, -0.1) is 0 Å². The summed E-state index contributed by atoms with van der Waals surface area (Å²) in [5.74, 6) is -0.0920. The molecule has 43 heavy (non-hydrogen) atoms. The van der Waals surface area contributed by atoms with Crippen molar-refractivity contribution in [3.63, 3.8) is 0 Å². The normalized spacial score (nSPS) is 11.5. The van der Waals surface area contributed by atoms with Gasteiger partial charge >= 0.3 is 0 Å². The van der Waals surface area contributed by atoms with Gasteiger partial charge in [0.05, 0.1) is 24.1 Å². The van der Waals surface area contributed by atoms with Gasteiger partial charge in [0.25, 0.3) is 10.0 Å². The van der Waals surface area contributed by atoms with Gasteiger partial charge in [0.2, 0.25) is 5.91 Å². The highest BCUT2D eigenvalue weighted by Gasteiger charge is 2.44. The molecular weight excluding hydrogens is 577 g/mol. The molecule has 0 aromatic heterocycles. The summed E-state index contributed by atoms with van der Waals surface area (Å²) in [5, 5.41) is 8.45. The van der Waals surface area contributed by atoms with Crippen LogP contribution >= 0.6 is 7.26 Å². The van der Waals surface area contributed by atoms with Gasteiger partial charge in [-0.25, -0.2) is 8.42 Å². The number of benzene rings is 5. The third kappa shape index (κ3) is 6.55. The van der Waals surface area contributed by atoms with Gasteiger partial charge in [0, 0.05) is 22.2 Å². The van der Waals surface area contributed by atoms with Gasteiger partial charge in [0.1, 0.15) is 23.2 Å². The number of nitrogens with one attached hydrogen (secondary N) is 1. The van der Waals surface area contributed by atoms with Gasteiger partial charge in [-0.2, -0.15) is 0 Å². The van der Waals surface area contributed by atoms with Crippen LogP contribution in [-0.2, 0) is 14.8 Å². The Hall–Kier alpha value is -4.68. The van der Waals surface area contributed by atoms with E-state index >= 15 is 0 Å². The third-order valence-electron chi connectivity index (χ3n) is 7.42. The number of anilines is 1. The smallest absolute Gasteiger partial charge is 0.264 e. The number of carbonyl (C=O) groups is 1. The molecule has 0 radical (unpaired) electrons. The van der Waals surface area contributed by atoms with Crippen LogP contribution in [0, 0.1) is 0 Å². The number of likely N-dealkylation sites (N-methyl/N-ethyl adjacent to an activating group) is 1. The Bertz CT molecular complexity index is 1790. The van der Waals surface area contributed by atoms with Crippen LogP contribution in [0.25, 0.3) is 21.2 Å². The molecule has 0 bridgehead atoms. The molecule has 10 heteroatoms. The first-order chi connectivity index (χ1) is 20.8. The van der Waals surface area contributed by atoms with Crippen LogP contribution in [0.15, 0.2) is 137 Å². The molecule has 216 valence electrons. The van der Waals surface area contributed by atoms with E-state index in [0.29, 0.717) is 11.9 Å². The first kappa shape index (κ1) is 29.8. The summed E-state index contributed by atoms with van der Waals surface area (Å²) in [4.78, 5) is 17.3. The molecule has 0 heterocycles. The predicted molar refractivity (Wildman–Crippen MR) is 177 cm³/mol. The van der Waals surface area contributed by atoms with E-state index in [1.807, 2.05) is 42.3 Å². The molecule has 1 N–H and O–H groups in total. The molecule has 0 saturated carbocycles. The Morgan fingerprint density at radius 3 is 1.84 bits per heavy atom. The van der Waals surface area contributed by atoms with E-state index in [1.165, 1.54) is 28.0 Å². The number of hydrogen-bond donors (Lipinski definition) is 1. The van der Waals surface area contributed by atoms with Crippen LogP contribution in [-0.4, -0.2) is 40.6 Å². The molecule has 0 aliphatic carbocycles. The summed E-state index contributed by atoms with van der Waals surface area (Å²) in [6.45, 7) is 0.668. The molecule has 5 rings (SSSR count). The number of amides is 1. The zero-order valence-corrected chi connectivity index (χ0v) is 25.3. The second-order valence-corrected chi connectivity index (χ2v) is 15.3. The first-order valence-corrected chi connectivity index (χ1v) is 17.1. The second-order valence-electron chi connectivity index (χ2n) is 10.1. The number of hydrogen-bond acceptors (Lipinski definition) is 4. The largest absolute Gasteiger partial charge is 0.365 e. The van der Waals surface area contributed by atoms with Crippen molar-refractivity contribution in [2.45, 2.75) is 4.90 Å². The topological polar surface area (TPSA) is 115 Å². The number of rotatable bonds is 11. The molecule has 5 aromatic rings. The first-order valence-electron chi connectivity index (χ1n) is 13.7. The highest BCUT2D eigenvalue weighted by molar-refractivity contribution is 7.95. The minimum absolute atomic E-state index is 0.0706. The van der Waals surface area contributed by atoms with Crippen LogP contribution in [0.2, 0.25) is 0 Å². The number of carbonyl (C=O) groups excluding carboxylic acids is 1. The number of sulfonamides is 1. The Morgan fingerprint density at radius 2 is 1.30 bits per heavy atom. The van der Waals surface area contributed by atoms with E-state index < -0.39 is 17.3 Å². The Balaban J connectivity index is 1.32. The lowest BCUT2D eigenvalue weighted by atomic mass is 10.1. The van der Waals surface area contributed by atoms with Crippen molar-refractivity contribution in [1.29, 1.82) is 0 Å². The van der Waals surface area contributed by atoms with E-state index in [0.717, 1.165) is 17.2 Å². The van der Waals surface area contributed by atoms with Crippen molar-refractivity contribution in [3.05, 3.63) is 138 Å². The molecule has 0 unspecified atom stereocenters. The summed E-state index contributed by atoms with van der Waals surface area (Å²) in [6, 6.07) is 41.7. The molecule has 0 atom stereocenters. The molecule has 0 fully saturated rings. The molecular formula is C33H31N5O3PS+. The standard InChI is InChI=1S/C33H30N5O3PS/c1-38(28-19-17-27-24-32(20-18-26(27)23-28)43(40,41)37-36-34)25-33(39)35-21-22-42(29-11-5-2-6-12-29,30-13-7-3-8-14-30)31-15-9-4-10-16-31/h2-20,23-24H,21-22,25H2,1H3/p+1. The molecule has 0 aliphatic heterocycles. The Morgan fingerprint density at radius 1 is 0.791 bits per heavy atom. The monoisotopic (exact) mass is 608 g/mol. The Labute approximate surface area is 252 Å². The van der Waals surface area contributed by atoms with Crippen molar-refractivity contribution in [2.24, 2.45) is 4.52 Å². The van der Waals surface area contributed by atoms with E-state index in [9.17, 15) is 13.2 Å². The number of azide groups is 1. The van der Waals surface area contributed by atoms with E-state index in [-0.39, 0.29) is 17.3 Å². The van der Waals surface area contributed by atoms with Crippen molar-refractivity contribution >= 4 is 55.6 Å². The highest BCUT2D eigenvalue weighted by atomic mass is 32.2. The number of fused-ring (bicyclic) bond motifs is 1. The average Bonchev–Trinajstić information content (AvgIpc) is 3.04. The zero-order valence-electron chi connectivity index (χ0n) is 23.6. The van der Waals surface area contributed by atoms with Crippen LogP contribution in [0.1, 0.15) is 0 Å². The van der Waals surface area contributed by atoms with Crippen molar-refractivity contribution < 1.29 is 13.2 Å². The minimum Gasteiger partial charge on any atom is -0.365 e. The minimum atomic E-state index is -4.07. The van der Waals surface area contributed by atoms with Gasteiger partial charge in [-0.3, -0.25) is 4.79 Å². The maximum Gasteiger partial charge on any atom is 0.264 e. The third-order valence-corrected chi connectivity index (χ3v) is 13.0. The fraction of sp³-hybridized carbons (Fsp3) is 0.121.